The van der Waals surface area contributed by atoms with E-state index in [4.69, 9.17) is 4.74 Å². The van der Waals surface area contributed by atoms with Gasteiger partial charge in [0.2, 0.25) is 10.0 Å². The molecule has 0 aliphatic heterocycles. The molecule has 0 atom stereocenters. The second-order valence-electron chi connectivity index (χ2n) is 4.45. The lowest BCUT2D eigenvalue weighted by Crippen LogP contribution is -2.24. The molecule has 18 heavy (non-hydrogen) atoms. The molecule has 0 spiro atoms. The third-order valence-corrected chi connectivity index (χ3v) is 4.18. The molecule has 0 saturated heterocycles. The van der Waals surface area contributed by atoms with Crippen molar-refractivity contribution in [3.05, 3.63) is 29.3 Å². The molecule has 1 rings (SSSR count). The van der Waals surface area contributed by atoms with E-state index in [9.17, 15) is 8.42 Å². The van der Waals surface area contributed by atoms with Crippen LogP contribution in [0.2, 0.25) is 0 Å². The van der Waals surface area contributed by atoms with Crippen LogP contribution in [-0.2, 0) is 16.6 Å². The van der Waals surface area contributed by atoms with Crippen LogP contribution in [-0.4, -0.2) is 21.3 Å². The summed E-state index contributed by atoms with van der Waals surface area (Å²) < 4.78 is 30.6. The molecular formula is C13H21NO3S. The third-order valence-electron chi connectivity index (χ3n) is 2.84. The van der Waals surface area contributed by atoms with Crippen LogP contribution in [0.4, 0.5) is 0 Å². The van der Waals surface area contributed by atoms with E-state index in [0.29, 0.717) is 5.92 Å². The molecule has 0 aromatic heterocycles. The standard InChI is InChI=1S/C13H21NO3S/c1-5-18(15,16)14-9-12-7-6-11(10(2)3)8-13(12)17-4/h6-8,10,14H,5,9H2,1-4H3. The summed E-state index contributed by atoms with van der Waals surface area (Å²) >= 11 is 0. The number of sulfonamides is 1. The van der Waals surface area contributed by atoms with Gasteiger partial charge in [-0.1, -0.05) is 26.0 Å². The number of hydrogen-bond donors (Lipinski definition) is 1. The van der Waals surface area contributed by atoms with Crippen LogP contribution >= 0.6 is 0 Å². The summed E-state index contributed by atoms with van der Waals surface area (Å²) in [6.45, 7) is 6.08. The Morgan fingerprint density at radius 1 is 1.33 bits per heavy atom. The zero-order chi connectivity index (χ0) is 13.8. The highest BCUT2D eigenvalue weighted by molar-refractivity contribution is 7.89. The van der Waals surface area contributed by atoms with E-state index in [2.05, 4.69) is 18.6 Å². The molecule has 4 nitrogen and oxygen atoms in total. The normalized spacial score (nSPS) is 11.8. The van der Waals surface area contributed by atoms with Gasteiger partial charge in [-0.05, 0) is 24.5 Å². The molecule has 1 aromatic carbocycles. The lowest BCUT2D eigenvalue weighted by atomic mass is 10.0. The molecule has 0 aliphatic rings. The molecule has 0 fully saturated rings. The maximum absolute atomic E-state index is 11.4. The minimum atomic E-state index is -3.17. The second-order valence-corrected chi connectivity index (χ2v) is 6.55. The zero-order valence-corrected chi connectivity index (χ0v) is 12.2. The molecule has 102 valence electrons. The van der Waals surface area contributed by atoms with Gasteiger partial charge in [0.15, 0.2) is 0 Å². The quantitative estimate of drug-likeness (QED) is 0.863. The third kappa shape index (κ3) is 3.99. The summed E-state index contributed by atoms with van der Waals surface area (Å²) in [6, 6.07) is 5.87. The maximum atomic E-state index is 11.4. The molecule has 0 saturated carbocycles. The summed E-state index contributed by atoms with van der Waals surface area (Å²) in [4.78, 5) is 0. The van der Waals surface area contributed by atoms with Crippen LogP contribution in [0, 0.1) is 0 Å². The molecule has 5 heteroatoms. The Morgan fingerprint density at radius 2 is 2.00 bits per heavy atom. The van der Waals surface area contributed by atoms with E-state index in [1.165, 1.54) is 5.56 Å². The van der Waals surface area contributed by atoms with Crippen molar-refractivity contribution in [1.82, 2.24) is 4.72 Å². The van der Waals surface area contributed by atoms with Crippen molar-refractivity contribution in [1.29, 1.82) is 0 Å². The van der Waals surface area contributed by atoms with E-state index < -0.39 is 10.0 Å². The van der Waals surface area contributed by atoms with E-state index in [1.807, 2.05) is 18.2 Å². The van der Waals surface area contributed by atoms with Gasteiger partial charge in [0, 0.05) is 12.1 Å². The van der Waals surface area contributed by atoms with Gasteiger partial charge in [0.05, 0.1) is 12.9 Å². The summed E-state index contributed by atoms with van der Waals surface area (Å²) in [5.41, 5.74) is 2.02. The fourth-order valence-electron chi connectivity index (χ4n) is 1.56. The van der Waals surface area contributed by atoms with E-state index in [-0.39, 0.29) is 12.3 Å². The van der Waals surface area contributed by atoms with Gasteiger partial charge in [-0.25, -0.2) is 13.1 Å². The lowest BCUT2D eigenvalue weighted by molar-refractivity contribution is 0.408. The summed E-state index contributed by atoms with van der Waals surface area (Å²) in [5, 5.41) is 0. The predicted molar refractivity (Wildman–Crippen MR) is 73.4 cm³/mol. The van der Waals surface area contributed by atoms with Crippen molar-refractivity contribution in [2.45, 2.75) is 33.2 Å². The SMILES string of the molecule is CCS(=O)(=O)NCc1ccc(C(C)C)cc1OC. The molecule has 0 amide bonds. The Morgan fingerprint density at radius 3 is 2.50 bits per heavy atom. The molecule has 0 heterocycles. The molecule has 0 radical (unpaired) electrons. The molecule has 1 N–H and O–H groups in total. The second kappa shape index (κ2) is 6.20. The summed E-state index contributed by atoms with van der Waals surface area (Å²) in [6.07, 6.45) is 0. The summed E-state index contributed by atoms with van der Waals surface area (Å²) in [7, 11) is -1.58. The monoisotopic (exact) mass is 271 g/mol. The van der Waals surface area contributed by atoms with E-state index >= 15 is 0 Å². The Bertz CT molecular complexity index is 495. The van der Waals surface area contributed by atoms with Crippen molar-refractivity contribution in [2.24, 2.45) is 0 Å². The molecule has 1 aromatic rings. The first-order chi connectivity index (χ1) is 8.39. The Labute approximate surface area is 109 Å². The first kappa shape index (κ1) is 15.0. The van der Waals surface area contributed by atoms with Gasteiger partial charge in [-0.2, -0.15) is 0 Å². The first-order valence-corrected chi connectivity index (χ1v) is 7.69. The van der Waals surface area contributed by atoms with Crippen LogP contribution in [0.15, 0.2) is 18.2 Å². The first-order valence-electron chi connectivity index (χ1n) is 6.03. The average Bonchev–Trinajstić information content (AvgIpc) is 2.36. The Hall–Kier alpha value is -1.07. The summed E-state index contributed by atoms with van der Waals surface area (Å²) in [5.74, 6) is 1.22. The average molecular weight is 271 g/mol. The van der Waals surface area contributed by atoms with Crippen LogP contribution in [0.1, 0.15) is 37.8 Å². The Kier molecular flexibility index (Phi) is 5.16. The van der Waals surface area contributed by atoms with Gasteiger partial charge in [-0.15, -0.1) is 0 Å². The predicted octanol–water partition coefficient (Wildman–Crippen LogP) is 2.26. The maximum Gasteiger partial charge on any atom is 0.211 e. The lowest BCUT2D eigenvalue weighted by Gasteiger charge is -2.13. The highest BCUT2D eigenvalue weighted by Crippen LogP contribution is 2.24. The van der Waals surface area contributed by atoms with Crippen molar-refractivity contribution in [3.63, 3.8) is 0 Å². The smallest absolute Gasteiger partial charge is 0.211 e. The topological polar surface area (TPSA) is 55.4 Å². The number of ether oxygens (including phenoxy) is 1. The molecule has 0 bridgehead atoms. The molecule has 0 aliphatic carbocycles. The van der Waals surface area contributed by atoms with Crippen LogP contribution in [0.5, 0.6) is 5.75 Å². The number of methoxy groups -OCH3 is 1. The minimum Gasteiger partial charge on any atom is -0.496 e. The number of nitrogens with one attached hydrogen (secondary N) is 1. The fourth-order valence-corrected chi connectivity index (χ4v) is 2.14. The highest BCUT2D eigenvalue weighted by atomic mass is 32.2. The number of rotatable bonds is 6. The van der Waals surface area contributed by atoms with Crippen LogP contribution in [0.3, 0.4) is 0 Å². The van der Waals surface area contributed by atoms with Crippen molar-refractivity contribution >= 4 is 10.0 Å². The van der Waals surface area contributed by atoms with Crippen LogP contribution in [0.25, 0.3) is 0 Å². The van der Waals surface area contributed by atoms with Gasteiger partial charge in [0.1, 0.15) is 5.75 Å². The molecular weight excluding hydrogens is 250 g/mol. The van der Waals surface area contributed by atoms with Crippen molar-refractivity contribution in [3.8, 4) is 5.75 Å². The molecule has 0 unspecified atom stereocenters. The number of hydrogen-bond acceptors (Lipinski definition) is 3. The van der Waals surface area contributed by atoms with Gasteiger partial charge in [0.25, 0.3) is 0 Å². The van der Waals surface area contributed by atoms with Gasteiger partial charge >= 0.3 is 0 Å². The largest absolute Gasteiger partial charge is 0.496 e. The fraction of sp³-hybridized carbons (Fsp3) is 0.538. The van der Waals surface area contributed by atoms with E-state index in [0.717, 1.165) is 11.3 Å². The highest BCUT2D eigenvalue weighted by Gasteiger charge is 2.10. The number of benzene rings is 1. The Balaban J connectivity index is 2.90. The van der Waals surface area contributed by atoms with Gasteiger partial charge in [-0.3, -0.25) is 0 Å². The minimum absolute atomic E-state index is 0.0827. The van der Waals surface area contributed by atoms with Gasteiger partial charge < -0.3 is 4.74 Å². The van der Waals surface area contributed by atoms with Crippen LogP contribution < -0.4 is 9.46 Å². The van der Waals surface area contributed by atoms with Crippen molar-refractivity contribution < 1.29 is 13.2 Å². The van der Waals surface area contributed by atoms with Crippen molar-refractivity contribution in [2.75, 3.05) is 12.9 Å². The zero-order valence-electron chi connectivity index (χ0n) is 11.4. The van der Waals surface area contributed by atoms with E-state index in [1.54, 1.807) is 14.0 Å².